The molecule has 9 heteroatoms. The molecule has 2 unspecified atom stereocenters. The van der Waals surface area contributed by atoms with Crippen molar-refractivity contribution in [1.29, 1.82) is 0 Å². The minimum Gasteiger partial charge on any atom is -0.434 e. The van der Waals surface area contributed by atoms with Gasteiger partial charge in [-0.3, -0.25) is 0 Å². The van der Waals surface area contributed by atoms with Crippen LogP contribution < -0.4 is 11.5 Å². The molecule has 0 aromatic rings. The molecular weight excluding hydrogens is 342 g/mol. The average molecular weight is 362 g/mol. The normalized spacial score (nSPS) is 12.9. The molecule has 6 nitrogen and oxygen atoms in total. The Morgan fingerprint density at radius 3 is 1.47 bits per heavy atom. The van der Waals surface area contributed by atoms with Crippen LogP contribution >= 0.6 is 21.6 Å². The van der Waals surface area contributed by atoms with E-state index in [0.29, 0.717) is 12.8 Å². The zero-order valence-corrected chi connectivity index (χ0v) is 15.9. The van der Waals surface area contributed by atoms with Crippen LogP contribution in [-0.4, -0.2) is 23.1 Å². The number of hydrogen-bond acceptors (Lipinski definition) is 6. The molecule has 4 N–H and O–H groups in total. The first-order valence-corrected chi connectivity index (χ1v) is 8.01. The third kappa shape index (κ3) is 12.6. The largest absolute Gasteiger partial charge is 2.00 e. The number of amides is 2. The summed E-state index contributed by atoms with van der Waals surface area (Å²) in [6.07, 6.45) is 1.50. The van der Waals surface area contributed by atoms with Gasteiger partial charge in [-0.25, -0.2) is 9.59 Å². The van der Waals surface area contributed by atoms with Crippen LogP contribution in [0.25, 0.3) is 0 Å². The van der Waals surface area contributed by atoms with Crippen LogP contribution in [0.4, 0.5) is 9.59 Å². The summed E-state index contributed by atoms with van der Waals surface area (Å²) in [7, 11) is 2.65. The molecule has 0 radical (unpaired) electrons. The van der Waals surface area contributed by atoms with Gasteiger partial charge in [0, 0.05) is 0 Å². The van der Waals surface area contributed by atoms with E-state index in [1.807, 2.05) is 13.8 Å². The van der Waals surface area contributed by atoms with Crippen molar-refractivity contribution in [3.8, 4) is 0 Å². The number of rotatable bonds is 9. The van der Waals surface area contributed by atoms with E-state index in [0.717, 1.165) is 12.8 Å². The topological polar surface area (TPSA) is 105 Å². The molecule has 0 spiro atoms. The van der Waals surface area contributed by atoms with E-state index in [1.54, 1.807) is 0 Å². The number of nitrogens with two attached hydrogens (primary N) is 2. The van der Waals surface area contributed by atoms with Crippen LogP contribution in [0.2, 0.25) is 0 Å². The van der Waals surface area contributed by atoms with Gasteiger partial charge in [-0.1, -0.05) is 26.7 Å². The molecule has 0 saturated carbocycles. The first-order chi connectivity index (χ1) is 8.49. The van der Waals surface area contributed by atoms with Crippen molar-refractivity contribution in [3.05, 3.63) is 0 Å². The molecule has 2 amide bonds. The molecular formula is C10H20N2O4S2Zn+2. The SMILES string of the molecule is CCCC(OC(N)=O)SSC(CCC)OC(N)=O.[Zn+2]. The van der Waals surface area contributed by atoms with E-state index >= 15 is 0 Å². The van der Waals surface area contributed by atoms with E-state index in [1.165, 1.54) is 21.6 Å². The first kappa shape index (κ1) is 21.2. The average Bonchev–Trinajstić information content (AvgIpc) is 2.24. The summed E-state index contributed by atoms with van der Waals surface area (Å²) in [5.74, 6) is 0. The fourth-order valence-electron chi connectivity index (χ4n) is 1.11. The van der Waals surface area contributed by atoms with Gasteiger partial charge in [0.1, 0.15) is 0 Å². The molecule has 19 heavy (non-hydrogen) atoms. The predicted octanol–water partition coefficient (Wildman–Crippen LogP) is 2.81. The minimum absolute atomic E-state index is 0. The first-order valence-electron chi connectivity index (χ1n) is 5.73. The molecule has 106 valence electrons. The Labute approximate surface area is 134 Å². The third-order valence-electron chi connectivity index (χ3n) is 1.81. The fraction of sp³-hybridized carbons (Fsp3) is 0.800. The number of ether oxygens (including phenoxy) is 2. The molecule has 0 fully saturated rings. The molecule has 0 rings (SSSR count). The number of hydrogen-bond donors (Lipinski definition) is 2. The molecule has 0 heterocycles. The Bertz CT molecular complexity index is 246. The summed E-state index contributed by atoms with van der Waals surface area (Å²) in [4.78, 5) is 21.4. The van der Waals surface area contributed by atoms with E-state index < -0.39 is 12.2 Å². The summed E-state index contributed by atoms with van der Waals surface area (Å²) >= 11 is 0. The van der Waals surface area contributed by atoms with Gasteiger partial charge in [0.25, 0.3) is 0 Å². The second-order valence-electron chi connectivity index (χ2n) is 3.50. The molecule has 2 atom stereocenters. The van der Waals surface area contributed by atoms with Gasteiger partial charge >= 0.3 is 31.7 Å². The van der Waals surface area contributed by atoms with E-state index in [9.17, 15) is 9.59 Å². The summed E-state index contributed by atoms with van der Waals surface area (Å²) in [5, 5.41) is 0. The Balaban J connectivity index is 0. The van der Waals surface area contributed by atoms with Crippen LogP contribution in [0.5, 0.6) is 0 Å². The second-order valence-corrected chi connectivity index (χ2v) is 6.09. The standard InChI is InChI=1S/C10H20N2O4S2.Zn/c1-3-5-7(15-9(11)13)17-18-8(6-4-2)16-10(12)14;/h7-8H,3-6H2,1-2H3,(H2,11,13)(H2,12,14);/q;+2. The van der Waals surface area contributed by atoms with Crippen molar-refractivity contribution in [3.63, 3.8) is 0 Å². The van der Waals surface area contributed by atoms with E-state index in [2.05, 4.69) is 0 Å². The second kappa shape index (κ2) is 12.9. The monoisotopic (exact) mass is 360 g/mol. The number of carbonyl (C=O) groups excluding carboxylic acids is 2. The zero-order valence-electron chi connectivity index (χ0n) is 11.3. The third-order valence-corrected chi connectivity index (χ3v) is 4.64. The predicted molar refractivity (Wildman–Crippen MR) is 73.9 cm³/mol. The van der Waals surface area contributed by atoms with Gasteiger partial charge in [0.2, 0.25) is 0 Å². The fourth-order valence-corrected chi connectivity index (χ4v) is 3.84. The van der Waals surface area contributed by atoms with Crippen molar-refractivity contribution in [1.82, 2.24) is 0 Å². The van der Waals surface area contributed by atoms with E-state index in [4.69, 9.17) is 20.9 Å². The van der Waals surface area contributed by atoms with E-state index in [-0.39, 0.29) is 30.3 Å². The quantitative estimate of drug-likeness (QED) is 0.371. The van der Waals surface area contributed by atoms with Gasteiger partial charge in [0.15, 0.2) is 10.9 Å². The summed E-state index contributed by atoms with van der Waals surface area (Å²) in [5.41, 5.74) is 9.28. The molecule has 0 aliphatic heterocycles. The van der Waals surface area contributed by atoms with Crippen LogP contribution in [0.1, 0.15) is 39.5 Å². The Kier molecular flexibility index (Phi) is 14.3. The maximum absolute atomic E-state index is 10.7. The van der Waals surface area contributed by atoms with Gasteiger partial charge < -0.3 is 20.9 Å². The smallest absolute Gasteiger partial charge is 0.434 e. The Morgan fingerprint density at radius 2 is 1.26 bits per heavy atom. The summed E-state index contributed by atoms with van der Waals surface area (Å²) in [6, 6.07) is 0. The van der Waals surface area contributed by atoms with Gasteiger partial charge in [0.05, 0.1) is 0 Å². The summed E-state index contributed by atoms with van der Waals surface area (Å²) < 4.78 is 9.87. The minimum atomic E-state index is -0.801. The Hall–Kier alpha value is -0.137. The van der Waals surface area contributed by atoms with Gasteiger partial charge in [-0.05, 0) is 34.4 Å². The van der Waals surface area contributed by atoms with Crippen molar-refractivity contribution in [2.75, 3.05) is 0 Å². The van der Waals surface area contributed by atoms with Crippen LogP contribution in [0.15, 0.2) is 0 Å². The molecule has 0 aliphatic carbocycles. The Morgan fingerprint density at radius 1 is 0.947 bits per heavy atom. The number of primary amides is 2. The van der Waals surface area contributed by atoms with Crippen molar-refractivity contribution >= 4 is 33.8 Å². The maximum Gasteiger partial charge on any atom is 2.00 e. The van der Waals surface area contributed by atoms with Gasteiger partial charge in [-0.15, -0.1) is 0 Å². The van der Waals surface area contributed by atoms with Crippen molar-refractivity contribution in [2.24, 2.45) is 11.5 Å². The molecule has 0 bridgehead atoms. The molecule has 0 saturated heterocycles. The van der Waals surface area contributed by atoms with Crippen molar-refractivity contribution < 1.29 is 38.5 Å². The zero-order chi connectivity index (χ0) is 14.0. The summed E-state index contributed by atoms with van der Waals surface area (Å²) in [6.45, 7) is 3.96. The molecule has 0 aromatic heterocycles. The number of carbonyl (C=O) groups is 2. The van der Waals surface area contributed by atoms with Crippen LogP contribution in [0, 0.1) is 0 Å². The van der Waals surface area contributed by atoms with Gasteiger partial charge in [-0.2, -0.15) is 0 Å². The molecule has 0 aliphatic rings. The maximum atomic E-state index is 10.7. The van der Waals surface area contributed by atoms with Crippen molar-refractivity contribution in [2.45, 2.75) is 50.4 Å². The van der Waals surface area contributed by atoms with Crippen LogP contribution in [-0.2, 0) is 29.0 Å². The van der Waals surface area contributed by atoms with Crippen LogP contribution in [0.3, 0.4) is 0 Å². The molecule has 0 aromatic carbocycles.